The van der Waals surface area contributed by atoms with Crippen molar-refractivity contribution in [2.75, 3.05) is 19.8 Å². The van der Waals surface area contributed by atoms with Gasteiger partial charge in [0.05, 0.1) is 30.7 Å². The van der Waals surface area contributed by atoms with Gasteiger partial charge in [0.1, 0.15) is 24.5 Å². The Balaban J connectivity index is 1.51. The number of fused-ring (bicyclic) bond motifs is 1. The lowest BCUT2D eigenvalue weighted by Gasteiger charge is -2.34. The summed E-state index contributed by atoms with van der Waals surface area (Å²) in [7, 11) is 0. The van der Waals surface area contributed by atoms with E-state index in [9.17, 15) is 9.18 Å². The SMILES string of the molecule is Cc1cc(Cl)c(COc2cccc3c(-n4cc(F)cn4)cc(C)nc23)c([C@H](C)N2CCOCC2=O)c1. The molecule has 0 saturated carbocycles. The fraction of sp³-hybridized carbons (Fsp3) is 0.296. The van der Waals surface area contributed by atoms with Gasteiger partial charge in [-0.25, -0.2) is 14.1 Å². The number of benzene rings is 2. The van der Waals surface area contributed by atoms with Crippen LogP contribution in [0.3, 0.4) is 0 Å². The van der Waals surface area contributed by atoms with E-state index >= 15 is 0 Å². The van der Waals surface area contributed by atoms with E-state index in [-0.39, 0.29) is 25.2 Å². The van der Waals surface area contributed by atoms with E-state index in [2.05, 4.69) is 5.10 Å². The minimum Gasteiger partial charge on any atom is -0.487 e. The molecular formula is C27H26ClFN4O3. The number of carbonyl (C=O) groups is 1. The summed E-state index contributed by atoms with van der Waals surface area (Å²) in [6.45, 7) is 7.15. The molecule has 0 radical (unpaired) electrons. The summed E-state index contributed by atoms with van der Waals surface area (Å²) < 4.78 is 26.8. The maximum absolute atomic E-state index is 13.7. The lowest BCUT2D eigenvalue weighted by molar-refractivity contribution is -0.145. The quantitative estimate of drug-likeness (QED) is 0.352. The van der Waals surface area contributed by atoms with E-state index in [0.29, 0.717) is 35.1 Å². The molecule has 0 spiro atoms. The summed E-state index contributed by atoms with van der Waals surface area (Å²) in [6.07, 6.45) is 2.50. The summed E-state index contributed by atoms with van der Waals surface area (Å²) in [5.74, 6) is 0.108. The molecule has 9 heteroatoms. The van der Waals surface area contributed by atoms with E-state index in [1.54, 1.807) is 0 Å². The van der Waals surface area contributed by atoms with Gasteiger partial charge in [-0.2, -0.15) is 5.10 Å². The number of para-hydroxylation sites is 1. The van der Waals surface area contributed by atoms with Crippen LogP contribution in [0.5, 0.6) is 5.75 Å². The number of pyridine rings is 1. The molecule has 0 aliphatic carbocycles. The van der Waals surface area contributed by atoms with Crippen LogP contribution in [-0.2, 0) is 16.1 Å². The first-order chi connectivity index (χ1) is 17.3. The van der Waals surface area contributed by atoms with Crippen LogP contribution in [0.4, 0.5) is 4.39 Å². The molecule has 1 amide bonds. The average molecular weight is 509 g/mol. The Morgan fingerprint density at radius 1 is 1.25 bits per heavy atom. The predicted molar refractivity (Wildman–Crippen MR) is 135 cm³/mol. The van der Waals surface area contributed by atoms with Crippen molar-refractivity contribution in [1.29, 1.82) is 0 Å². The zero-order chi connectivity index (χ0) is 25.4. The van der Waals surface area contributed by atoms with Gasteiger partial charge in [-0.15, -0.1) is 0 Å². The Morgan fingerprint density at radius 2 is 2.08 bits per heavy atom. The third-order valence-electron chi connectivity index (χ3n) is 6.39. The van der Waals surface area contributed by atoms with Gasteiger partial charge in [-0.05, 0) is 50.1 Å². The number of aryl methyl sites for hydroxylation is 2. The van der Waals surface area contributed by atoms with Crippen molar-refractivity contribution in [2.45, 2.75) is 33.4 Å². The van der Waals surface area contributed by atoms with E-state index in [0.717, 1.165) is 27.8 Å². The highest BCUT2D eigenvalue weighted by Gasteiger charge is 2.27. The van der Waals surface area contributed by atoms with E-state index in [1.165, 1.54) is 17.1 Å². The van der Waals surface area contributed by atoms with Crippen molar-refractivity contribution < 1.29 is 18.7 Å². The topological polar surface area (TPSA) is 69.5 Å². The van der Waals surface area contributed by atoms with Crippen LogP contribution in [0, 0.1) is 19.7 Å². The molecule has 1 saturated heterocycles. The van der Waals surface area contributed by atoms with Crippen LogP contribution in [-0.4, -0.2) is 45.3 Å². The third-order valence-corrected chi connectivity index (χ3v) is 6.73. The van der Waals surface area contributed by atoms with Gasteiger partial charge >= 0.3 is 0 Å². The number of amides is 1. The van der Waals surface area contributed by atoms with Gasteiger partial charge in [-0.3, -0.25) is 4.79 Å². The zero-order valence-electron chi connectivity index (χ0n) is 20.3. The lowest BCUT2D eigenvalue weighted by Crippen LogP contribution is -2.43. The maximum Gasteiger partial charge on any atom is 0.249 e. The molecule has 5 rings (SSSR count). The van der Waals surface area contributed by atoms with Crippen LogP contribution >= 0.6 is 11.6 Å². The highest BCUT2D eigenvalue weighted by Crippen LogP contribution is 2.34. The predicted octanol–water partition coefficient (Wildman–Crippen LogP) is 5.33. The van der Waals surface area contributed by atoms with Crippen molar-refractivity contribution in [1.82, 2.24) is 19.7 Å². The number of nitrogens with zero attached hydrogens (tertiary/aromatic N) is 4. The molecule has 4 aromatic rings. The van der Waals surface area contributed by atoms with Crippen molar-refractivity contribution in [3.8, 4) is 11.4 Å². The van der Waals surface area contributed by atoms with E-state index in [4.69, 9.17) is 26.1 Å². The smallest absolute Gasteiger partial charge is 0.249 e. The highest BCUT2D eigenvalue weighted by molar-refractivity contribution is 6.31. The van der Waals surface area contributed by atoms with Crippen LogP contribution in [0.25, 0.3) is 16.6 Å². The second kappa shape index (κ2) is 9.87. The number of rotatable bonds is 6. The monoisotopic (exact) mass is 508 g/mol. The molecule has 7 nitrogen and oxygen atoms in total. The van der Waals surface area contributed by atoms with Crippen molar-refractivity contribution in [3.63, 3.8) is 0 Å². The fourth-order valence-electron chi connectivity index (χ4n) is 4.65. The fourth-order valence-corrected chi connectivity index (χ4v) is 4.98. The number of hydrogen-bond donors (Lipinski definition) is 0. The standard InChI is InChI=1S/C27H26ClFN4O3/c1-16-9-21(18(3)32-7-8-35-15-26(32)34)22(23(28)10-16)14-36-25-6-4-5-20-24(11-17(2)31-27(20)25)33-13-19(29)12-30-33/h4-6,9-13,18H,7-8,14-15H2,1-3H3/t18-/m0/s1. The average Bonchev–Trinajstić information content (AvgIpc) is 3.28. The Hall–Kier alpha value is -3.49. The maximum atomic E-state index is 13.7. The first-order valence-electron chi connectivity index (χ1n) is 11.7. The summed E-state index contributed by atoms with van der Waals surface area (Å²) >= 11 is 6.70. The van der Waals surface area contributed by atoms with Gasteiger partial charge in [0, 0.05) is 28.2 Å². The molecule has 186 valence electrons. The molecule has 0 bridgehead atoms. The van der Waals surface area contributed by atoms with Gasteiger partial charge in [0.15, 0.2) is 5.82 Å². The molecule has 1 atom stereocenters. The molecular weight excluding hydrogens is 483 g/mol. The third kappa shape index (κ3) is 4.66. The highest BCUT2D eigenvalue weighted by atomic mass is 35.5. The number of hydrogen-bond acceptors (Lipinski definition) is 5. The lowest BCUT2D eigenvalue weighted by atomic mass is 9.97. The van der Waals surface area contributed by atoms with E-state index in [1.807, 2.05) is 62.1 Å². The molecule has 1 fully saturated rings. The number of ether oxygens (including phenoxy) is 2. The zero-order valence-corrected chi connectivity index (χ0v) is 21.1. The Morgan fingerprint density at radius 3 is 2.83 bits per heavy atom. The number of aromatic nitrogens is 3. The van der Waals surface area contributed by atoms with E-state index < -0.39 is 5.82 Å². The number of carbonyl (C=O) groups excluding carboxylic acids is 1. The molecule has 0 unspecified atom stereocenters. The molecule has 1 aliphatic rings. The Labute approximate surface area is 213 Å². The summed E-state index contributed by atoms with van der Waals surface area (Å²) in [4.78, 5) is 19.0. The van der Waals surface area contributed by atoms with Gasteiger partial charge in [0.25, 0.3) is 0 Å². The second-order valence-electron chi connectivity index (χ2n) is 8.96. The van der Waals surface area contributed by atoms with Crippen LogP contribution in [0.1, 0.15) is 35.3 Å². The molecule has 0 N–H and O–H groups in total. The van der Waals surface area contributed by atoms with Crippen LogP contribution < -0.4 is 4.74 Å². The van der Waals surface area contributed by atoms with Crippen LogP contribution in [0.2, 0.25) is 5.02 Å². The van der Waals surface area contributed by atoms with Crippen LogP contribution in [0.15, 0.2) is 48.8 Å². The summed E-state index contributed by atoms with van der Waals surface area (Å²) in [6, 6.07) is 11.2. The molecule has 36 heavy (non-hydrogen) atoms. The second-order valence-corrected chi connectivity index (χ2v) is 9.36. The van der Waals surface area contributed by atoms with Crippen molar-refractivity contribution >= 4 is 28.4 Å². The van der Waals surface area contributed by atoms with Crippen molar-refractivity contribution in [3.05, 3.63) is 82.0 Å². The molecule has 3 heterocycles. The van der Waals surface area contributed by atoms with Crippen molar-refractivity contribution in [2.24, 2.45) is 0 Å². The summed E-state index contributed by atoms with van der Waals surface area (Å²) in [5, 5.41) is 5.48. The van der Waals surface area contributed by atoms with Gasteiger partial charge < -0.3 is 14.4 Å². The van der Waals surface area contributed by atoms with Gasteiger partial charge in [-0.1, -0.05) is 29.8 Å². The molecule has 2 aromatic carbocycles. The number of halogens is 2. The first kappa shape index (κ1) is 24.2. The Kier molecular flexibility index (Phi) is 6.64. The molecule has 1 aliphatic heterocycles. The summed E-state index contributed by atoms with van der Waals surface area (Å²) in [5.41, 5.74) is 4.85. The largest absolute Gasteiger partial charge is 0.487 e. The van der Waals surface area contributed by atoms with Gasteiger partial charge in [0.2, 0.25) is 5.91 Å². The Bertz CT molecular complexity index is 1450. The number of morpholine rings is 1. The minimum absolute atomic E-state index is 0.0467. The minimum atomic E-state index is -0.417. The molecule has 2 aromatic heterocycles. The normalized spacial score (nSPS) is 14.9. The first-order valence-corrected chi connectivity index (χ1v) is 12.1.